The summed E-state index contributed by atoms with van der Waals surface area (Å²) in [6.45, 7) is 4.13. The average Bonchev–Trinajstić information content (AvgIpc) is 2.97. The fourth-order valence-electron chi connectivity index (χ4n) is 2.63. The highest BCUT2D eigenvalue weighted by Crippen LogP contribution is 2.37. The minimum Gasteiger partial charge on any atom is -0.493 e. The van der Waals surface area contributed by atoms with E-state index in [4.69, 9.17) is 21.1 Å². The van der Waals surface area contributed by atoms with Crippen molar-refractivity contribution in [3.05, 3.63) is 22.7 Å². The lowest BCUT2D eigenvalue weighted by molar-refractivity contribution is -0.141. The van der Waals surface area contributed by atoms with Gasteiger partial charge in [0.15, 0.2) is 11.5 Å². The molecule has 0 radical (unpaired) electrons. The maximum absolute atomic E-state index is 12.6. The molecule has 1 amide bonds. The van der Waals surface area contributed by atoms with Crippen LogP contribution in [0.5, 0.6) is 11.5 Å². The Balaban J connectivity index is 2.34. The Morgan fingerprint density at radius 3 is 2.65 bits per heavy atom. The summed E-state index contributed by atoms with van der Waals surface area (Å²) in [5, 5.41) is 9.47. The van der Waals surface area contributed by atoms with Gasteiger partial charge in [-0.1, -0.05) is 11.6 Å². The third kappa shape index (κ3) is 3.69. The number of likely N-dealkylation sites (tertiary alicyclic amines) is 1. The molecule has 1 aromatic rings. The lowest BCUT2D eigenvalue weighted by Gasteiger charge is -2.22. The smallest absolute Gasteiger partial charge is 0.326 e. The van der Waals surface area contributed by atoms with E-state index in [9.17, 15) is 14.7 Å². The number of carbonyl (C=O) groups excluding carboxylic acids is 1. The molecule has 1 aromatic carbocycles. The van der Waals surface area contributed by atoms with Crippen LogP contribution in [-0.4, -0.2) is 47.7 Å². The zero-order chi connectivity index (χ0) is 17.1. The molecule has 1 atom stereocenters. The molecule has 0 aromatic heterocycles. The van der Waals surface area contributed by atoms with E-state index in [-0.39, 0.29) is 22.6 Å². The highest BCUT2D eigenvalue weighted by atomic mass is 35.5. The maximum atomic E-state index is 12.6. The number of amides is 1. The van der Waals surface area contributed by atoms with Gasteiger partial charge in [-0.05, 0) is 38.8 Å². The molecule has 1 N–H and O–H groups in total. The van der Waals surface area contributed by atoms with E-state index in [1.807, 2.05) is 13.8 Å². The van der Waals surface area contributed by atoms with Gasteiger partial charge in [0.2, 0.25) is 0 Å². The van der Waals surface area contributed by atoms with Crippen LogP contribution in [-0.2, 0) is 4.79 Å². The van der Waals surface area contributed by atoms with Crippen LogP contribution in [0.1, 0.15) is 37.0 Å². The summed E-state index contributed by atoms with van der Waals surface area (Å²) < 4.78 is 10.9. The van der Waals surface area contributed by atoms with Gasteiger partial charge in [-0.2, -0.15) is 0 Å². The van der Waals surface area contributed by atoms with Crippen LogP contribution in [0.4, 0.5) is 0 Å². The molecule has 6 nitrogen and oxygen atoms in total. The van der Waals surface area contributed by atoms with Gasteiger partial charge in [0.1, 0.15) is 6.04 Å². The number of ether oxygens (including phenoxy) is 2. The summed E-state index contributed by atoms with van der Waals surface area (Å²) in [5.74, 6) is -0.641. The number of hydrogen-bond donors (Lipinski definition) is 1. The van der Waals surface area contributed by atoms with Gasteiger partial charge >= 0.3 is 5.97 Å². The molecule has 23 heavy (non-hydrogen) atoms. The van der Waals surface area contributed by atoms with E-state index < -0.39 is 12.0 Å². The second-order valence-corrected chi connectivity index (χ2v) is 6.06. The molecule has 0 bridgehead atoms. The fraction of sp³-hybridized carbons (Fsp3) is 0.500. The molecule has 0 saturated carbocycles. The predicted octanol–water partition coefficient (Wildman–Crippen LogP) is 2.83. The number of carboxylic acid groups (broad SMARTS) is 1. The van der Waals surface area contributed by atoms with Crippen LogP contribution in [0.3, 0.4) is 0 Å². The molecule has 7 heteroatoms. The number of hydrogen-bond acceptors (Lipinski definition) is 4. The van der Waals surface area contributed by atoms with Crippen LogP contribution in [0, 0.1) is 0 Å². The number of halogens is 1. The molecule has 1 heterocycles. The largest absolute Gasteiger partial charge is 0.493 e. The van der Waals surface area contributed by atoms with Crippen molar-refractivity contribution in [2.24, 2.45) is 0 Å². The van der Waals surface area contributed by atoms with Crippen LogP contribution in [0.2, 0.25) is 5.02 Å². The van der Waals surface area contributed by atoms with E-state index in [1.165, 1.54) is 24.1 Å². The summed E-state index contributed by atoms with van der Waals surface area (Å²) >= 11 is 6.22. The van der Waals surface area contributed by atoms with Gasteiger partial charge in [0, 0.05) is 12.1 Å². The van der Waals surface area contributed by atoms with E-state index in [0.717, 1.165) is 0 Å². The lowest BCUT2D eigenvalue weighted by Crippen LogP contribution is -2.40. The van der Waals surface area contributed by atoms with Crippen LogP contribution >= 0.6 is 11.6 Å². The number of carboxylic acids is 1. The molecule has 1 aliphatic rings. The second kappa shape index (κ2) is 7.08. The number of nitrogens with zero attached hydrogens (tertiary/aromatic N) is 1. The SMILES string of the molecule is COc1cc(C(=O)N2CCC[C@@H]2C(=O)O)cc(Cl)c1OC(C)C. The van der Waals surface area contributed by atoms with Gasteiger partial charge in [-0.25, -0.2) is 4.79 Å². The molecule has 0 unspecified atom stereocenters. The first-order valence-corrected chi connectivity index (χ1v) is 7.81. The third-order valence-electron chi connectivity index (χ3n) is 3.63. The summed E-state index contributed by atoms with van der Waals surface area (Å²) in [6.07, 6.45) is 1.03. The Morgan fingerprint density at radius 2 is 2.09 bits per heavy atom. The number of aliphatic carboxylic acids is 1. The predicted molar refractivity (Wildman–Crippen MR) is 85.5 cm³/mol. The molecule has 1 saturated heterocycles. The Kier molecular flexibility index (Phi) is 5.36. The van der Waals surface area contributed by atoms with Crippen molar-refractivity contribution in [3.63, 3.8) is 0 Å². The number of rotatable bonds is 5. The molecule has 0 aliphatic carbocycles. The van der Waals surface area contributed by atoms with Crippen LogP contribution in [0.25, 0.3) is 0 Å². The summed E-state index contributed by atoms with van der Waals surface area (Å²) in [5.41, 5.74) is 0.288. The zero-order valence-electron chi connectivity index (χ0n) is 13.3. The van der Waals surface area contributed by atoms with Crippen molar-refractivity contribution in [2.75, 3.05) is 13.7 Å². The Bertz CT molecular complexity index is 617. The van der Waals surface area contributed by atoms with E-state index >= 15 is 0 Å². The van der Waals surface area contributed by atoms with Crippen molar-refractivity contribution in [1.82, 2.24) is 4.90 Å². The number of benzene rings is 1. The fourth-order valence-corrected chi connectivity index (χ4v) is 2.88. The van der Waals surface area contributed by atoms with Crippen molar-refractivity contribution < 1.29 is 24.2 Å². The first-order valence-electron chi connectivity index (χ1n) is 7.43. The molecular formula is C16H20ClNO5. The normalized spacial score (nSPS) is 17.4. The summed E-state index contributed by atoms with van der Waals surface area (Å²) in [7, 11) is 1.46. The molecule has 2 rings (SSSR count). The Labute approximate surface area is 139 Å². The second-order valence-electron chi connectivity index (χ2n) is 5.65. The van der Waals surface area contributed by atoms with Gasteiger partial charge in [-0.15, -0.1) is 0 Å². The highest BCUT2D eigenvalue weighted by molar-refractivity contribution is 6.32. The van der Waals surface area contributed by atoms with Crippen molar-refractivity contribution in [2.45, 2.75) is 38.8 Å². The first-order chi connectivity index (χ1) is 10.8. The molecular weight excluding hydrogens is 322 g/mol. The van der Waals surface area contributed by atoms with Crippen molar-refractivity contribution in [3.8, 4) is 11.5 Å². The Hall–Kier alpha value is -1.95. The highest BCUT2D eigenvalue weighted by Gasteiger charge is 2.35. The van der Waals surface area contributed by atoms with Gasteiger partial charge < -0.3 is 19.5 Å². The molecule has 1 aliphatic heterocycles. The molecule has 0 spiro atoms. The van der Waals surface area contributed by atoms with E-state index in [1.54, 1.807) is 0 Å². The minimum atomic E-state index is -0.992. The summed E-state index contributed by atoms with van der Waals surface area (Å²) in [4.78, 5) is 25.2. The average molecular weight is 342 g/mol. The van der Waals surface area contributed by atoms with Crippen molar-refractivity contribution in [1.29, 1.82) is 0 Å². The van der Waals surface area contributed by atoms with Crippen LogP contribution < -0.4 is 9.47 Å². The Morgan fingerprint density at radius 1 is 1.39 bits per heavy atom. The third-order valence-corrected chi connectivity index (χ3v) is 3.91. The maximum Gasteiger partial charge on any atom is 0.326 e. The topological polar surface area (TPSA) is 76.1 Å². The van der Waals surface area contributed by atoms with E-state index in [0.29, 0.717) is 30.9 Å². The van der Waals surface area contributed by atoms with Crippen LogP contribution in [0.15, 0.2) is 12.1 Å². The number of methoxy groups -OCH3 is 1. The minimum absolute atomic E-state index is 0.0991. The monoisotopic (exact) mass is 341 g/mol. The lowest BCUT2D eigenvalue weighted by atomic mass is 10.1. The summed E-state index contributed by atoms with van der Waals surface area (Å²) in [6, 6.07) is 2.23. The van der Waals surface area contributed by atoms with Gasteiger partial charge in [-0.3, -0.25) is 4.79 Å². The quantitative estimate of drug-likeness (QED) is 0.891. The van der Waals surface area contributed by atoms with E-state index in [2.05, 4.69) is 0 Å². The first kappa shape index (κ1) is 17.4. The van der Waals surface area contributed by atoms with Crippen molar-refractivity contribution >= 4 is 23.5 Å². The molecule has 126 valence electrons. The molecule has 1 fully saturated rings. The zero-order valence-corrected chi connectivity index (χ0v) is 14.1. The standard InChI is InChI=1S/C16H20ClNO5/c1-9(2)23-14-11(17)7-10(8-13(14)22-3)15(19)18-6-4-5-12(18)16(20)21/h7-9,12H,4-6H2,1-3H3,(H,20,21)/t12-/m1/s1. The number of carbonyl (C=O) groups is 2. The van der Waals surface area contributed by atoms with Gasteiger partial charge in [0.05, 0.1) is 18.2 Å². The van der Waals surface area contributed by atoms with Gasteiger partial charge in [0.25, 0.3) is 5.91 Å².